The van der Waals surface area contributed by atoms with Gasteiger partial charge in [0.05, 0.1) is 5.71 Å². The molecule has 0 spiro atoms. The number of imidazole rings is 1. The lowest BCUT2D eigenvalue weighted by molar-refractivity contribution is 0.474. The lowest BCUT2D eigenvalue weighted by Crippen LogP contribution is -2.37. The van der Waals surface area contributed by atoms with Gasteiger partial charge in [-0.1, -0.05) is 24.3 Å². The number of phenolic OH excluding ortho intramolecular Hbond substituents is 1. The molecule has 146 valence electrons. The predicted octanol–water partition coefficient (Wildman–Crippen LogP) is 1.55. The van der Waals surface area contributed by atoms with Gasteiger partial charge in [-0.3, -0.25) is 18.5 Å². The standard InChI is InChI=1S/C19H22N6O3/c1-11(2)10-25-15-16(23(4)19(28)24(5)17(15)27)20-18(25)22-21-12(3)13-8-6-7-9-14(13)26/h6-9,26H,1,10H2,2-5H3,(H,20,22). The number of fused-ring (bicyclic) bond motifs is 1. The number of hydrogen-bond donors (Lipinski definition) is 2. The zero-order valence-corrected chi connectivity index (χ0v) is 16.2. The fourth-order valence-corrected chi connectivity index (χ4v) is 2.93. The molecule has 2 aromatic heterocycles. The Morgan fingerprint density at radius 3 is 2.54 bits per heavy atom. The molecule has 0 fully saturated rings. The smallest absolute Gasteiger partial charge is 0.332 e. The largest absolute Gasteiger partial charge is 0.507 e. The molecule has 28 heavy (non-hydrogen) atoms. The van der Waals surface area contributed by atoms with Crippen molar-refractivity contribution in [3.8, 4) is 5.75 Å². The van der Waals surface area contributed by atoms with Crippen molar-refractivity contribution in [1.29, 1.82) is 0 Å². The summed E-state index contributed by atoms with van der Waals surface area (Å²) in [5.41, 5.74) is 4.40. The van der Waals surface area contributed by atoms with Crippen molar-refractivity contribution in [2.24, 2.45) is 19.2 Å². The molecule has 0 radical (unpaired) electrons. The molecular formula is C19H22N6O3. The summed E-state index contributed by atoms with van der Waals surface area (Å²) >= 11 is 0. The minimum absolute atomic E-state index is 0.109. The van der Waals surface area contributed by atoms with Crippen LogP contribution in [0.2, 0.25) is 0 Å². The van der Waals surface area contributed by atoms with E-state index in [2.05, 4.69) is 22.1 Å². The van der Waals surface area contributed by atoms with Crippen LogP contribution in [0.5, 0.6) is 5.75 Å². The third kappa shape index (κ3) is 3.22. The van der Waals surface area contributed by atoms with Crippen LogP contribution in [-0.4, -0.2) is 29.5 Å². The third-order valence-electron chi connectivity index (χ3n) is 4.39. The second-order valence-electron chi connectivity index (χ2n) is 6.68. The van der Waals surface area contributed by atoms with E-state index in [0.29, 0.717) is 23.8 Å². The van der Waals surface area contributed by atoms with Gasteiger partial charge in [0.1, 0.15) is 5.75 Å². The number of aryl methyl sites for hydroxylation is 1. The minimum atomic E-state index is -0.460. The summed E-state index contributed by atoms with van der Waals surface area (Å²) in [7, 11) is 2.98. The fourth-order valence-electron chi connectivity index (χ4n) is 2.93. The maximum absolute atomic E-state index is 12.7. The van der Waals surface area contributed by atoms with Gasteiger partial charge >= 0.3 is 5.69 Å². The van der Waals surface area contributed by atoms with E-state index in [1.807, 2.05) is 6.92 Å². The van der Waals surface area contributed by atoms with Gasteiger partial charge in [-0.25, -0.2) is 10.2 Å². The highest BCUT2D eigenvalue weighted by Crippen LogP contribution is 2.19. The van der Waals surface area contributed by atoms with E-state index in [1.165, 1.54) is 11.6 Å². The Hall–Kier alpha value is -3.62. The number of hydrazone groups is 1. The molecule has 9 heteroatoms. The number of allylic oxidation sites excluding steroid dienone is 1. The van der Waals surface area contributed by atoms with Crippen molar-refractivity contribution in [2.45, 2.75) is 20.4 Å². The Morgan fingerprint density at radius 2 is 1.89 bits per heavy atom. The van der Waals surface area contributed by atoms with Crippen molar-refractivity contribution in [3.63, 3.8) is 0 Å². The first kappa shape index (κ1) is 19.2. The second kappa shape index (κ2) is 7.18. The van der Waals surface area contributed by atoms with Crippen molar-refractivity contribution < 1.29 is 5.11 Å². The van der Waals surface area contributed by atoms with Gasteiger partial charge in [0.2, 0.25) is 5.95 Å². The Bertz CT molecular complexity index is 1230. The number of para-hydroxylation sites is 1. The van der Waals surface area contributed by atoms with Crippen molar-refractivity contribution in [1.82, 2.24) is 18.7 Å². The number of aromatic nitrogens is 4. The van der Waals surface area contributed by atoms with Gasteiger partial charge in [0.15, 0.2) is 11.2 Å². The molecule has 0 saturated carbocycles. The number of anilines is 1. The van der Waals surface area contributed by atoms with E-state index in [0.717, 1.165) is 10.1 Å². The molecule has 0 unspecified atom stereocenters. The third-order valence-corrected chi connectivity index (χ3v) is 4.39. The first-order valence-electron chi connectivity index (χ1n) is 8.61. The van der Waals surface area contributed by atoms with Crippen LogP contribution in [0.4, 0.5) is 5.95 Å². The van der Waals surface area contributed by atoms with Gasteiger partial charge in [-0.2, -0.15) is 10.1 Å². The highest BCUT2D eigenvalue weighted by Gasteiger charge is 2.19. The molecule has 0 aliphatic carbocycles. The topological polar surface area (TPSA) is 106 Å². The summed E-state index contributed by atoms with van der Waals surface area (Å²) in [6, 6.07) is 6.84. The molecule has 0 aliphatic heterocycles. The monoisotopic (exact) mass is 382 g/mol. The van der Waals surface area contributed by atoms with Crippen molar-refractivity contribution in [2.75, 3.05) is 5.43 Å². The summed E-state index contributed by atoms with van der Waals surface area (Å²) in [6.45, 7) is 7.80. The highest BCUT2D eigenvalue weighted by molar-refractivity contribution is 6.01. The molecule has 0 saturated heterocycles. The van der Waals surface area contributed by atoms with E-state index in [9.17, 15) is 14.7 Å². The Morgan fingerprint density at radius 1 is 1.21 bits per heavy atom. The Balaban J connectivity index is 2.17. The second-order valence-corrected chi connectivity index (χ2v) is 6.68. The quantitative estimate of drug-likeness (QED) is 0.396. The Labute approximate surface area is 160 Å². The summed E-state index contributed by atoms with van der Waals surface area (Å²) in [6.07, 6.45) is 0. The van der Waals surface area contributed by atoms with Gasteiger partial charge in [-0.05, 0) is 26.0 Å². The molecule has 2 N–H and O–H groups in total. The number of nitrogens with zero attached hydrogens (tertiary/aromatic N) is 5. The maximum Gasteiger partial charge on any atom is 0.332 e. The molecule has 0 atom stereocenters. The summed E-state index contributed by atoms with van der Waals surface area (Å²) in [5.74, 6) is 0.406. The summed E-state index contributed by atoms with van der Waals surface area (Å²) < 4.78 is 4.00. The molecule has 1 aromatic carbocycles. The first-order valence-corrected chi connectivity index (χ1v) is 8.61. The lowest BCUT2D eigenvalue weighted by Gasteiger charge is -2.09. The first-order chi connectivity index (χ1) is 13.2. The van der Waals surface area contributed by atoms with Crippen LogP contribution >= 0.6 is 0 Å². The molecular weight excluding hydrogens is 360 g/mol. The molecule has 0 amide bonds. The fraction of sp³-hybridized carbons (Fsp3) is 0.263. The van der Waals surface area contributed by atoms with E-state index < -0.39 is 11.2 Å². The van der Waals surface area contributed by atoms with Gasteiger partial charge < -0.3 is 5.11 Å². The van der Waals surface area contributed by atoms with Gasteiger partial charge in [0.25, 0.3) is 5.56 Å². The van der Waals surface area contributed by atoms with E-state index in [4.69, 9.17) is 0 Å². The van der Waals surface area contributed by atoms with Crippen LogP contribution in [0.25, 0.3) is 11.2 Å². The minimum Gasteiger partial charge on any atom is -0.507 e. The van der Waals surface area contributed by atoms with Crippen molar-refractivity contribution >= 4 is 22.8 Å². The van der Waals surface area contributed by atoms with Crippen LogP contribution in [-0.2, 0) is 20.6 Å². The number of phenols is 1. The molecule has 9 nitrogen and oxygen atoms in total. The average molecular weight is 382 g/mol. The van der Waals surface area contributed by atoms with Crippen LogP contribution in [0.15, 0.2) is 51.1 Å². The van der Waals surface area contributed by atoms with Gasteiger partial charge in [-0.15, -0.1) is 0 Å². The molecule has 3 rings (SSSR count). The molecule has 0 bridgehead atoms. The van der Waals surface area contributed by atoms with Crippen LogP contribution in [0, 0.1) is 0 Å². The van der Waals surface area contributed by atoms with E-state index >= 15 is 0 Å². The molecule has 2 heterocycles. The molecule has 0 aliphatic rings. The zero-order valence-electron chi connectivity index (χ0n) is 16.2. The summed E-state index contributed by atoms with van der Waals surface area (Å²) in [5, 5.41) is 14.3. The van der Waals surface area contributed by atoms with E-state index in [1.54, 1.807) is 42.8 Å². The van der Waals surface area contributed by atoms with Crippen molar-refractivity contribution in [3.05, 3.63) is 62.8 Å². The zero-order chi connectivity index (χ0) is 20.6. The predicted molar refractivity (Wildman–Crippen MR) is 109 cm³/mol. The van der Waals surface area contributed by atoms with E-state index in [-0.39, 0.29) is 16.9 Å². The van der Waals surface area contributed by atoms with Crippen LogP contribution in [0.1, 0.15) is 19.4 Å². The normalized spacial score (nSPS) is 11.8. The van der Waals surface area contributed by atoms with Crippen LogP contribution < -0.4 is 16.7 Å². The SMILES string of the molecule is C=C(C)Cn1c(NN=C(C)c2ccccc2O)nc2c1c(=O)n(C)c(=O)n2C. The lowest BCUT2D eigenvalue weighted by atomic mass is 10.1. The number of nitrogens with one attached hydrogen (secondary N) is 1. The Kier molecular flexibility index (Phi) is 4.91. The van der Waals surface area contributed by atoms with Gasteiger partial charge in [0, 0.05) is 26.2 Å². The number of benzene rings is 1. The number of hydrogen-bond acceptors (Lipinski definition) is 6. The summed E-state index contributed by atoms with van der Waals surface area (Å²) in [4.78, 5) is 29.3. The average Bonchev–Trinajstić information content (AvgIpc) is 3.01. The highest BCUT2D eigenvalue weighted by atomic mass is 16.3. The number of rotatable bonds is 5. The number of aromatic hydroxyl groups is 1. The van der Waals surface area contributed by atoms with Crippen LogP contribution in [0.3, 0.4) is 0 Å². The molecule has 3 aromatic rings. The maximum atomic E-state index is 12.7.